The molecule has 0 aromatic carbocycles. The van der Waals surface area contributed by atoms with Gasteiger partial charge < -0.3 is 0 Å². The Balaban J connectivity index is 2.52. The molecule has 0 spiro atoms. The fourth-order valence-electron chi connectivity index (χ4n) is 1.60. The minimum atomic E-state index is 0.235. The van der Waals surface area contributed by atoms with Crippen LogP contribution in [0.4, 0.5) is 0 Å². The minimum Gasteiger partial charge on any atom is -0.285 e. The number of allylic oxidation sites excluding steroid dienone is 3. The van der Waals surface area contributed by atoms with Gasteiger partial charge >= 0.3 is 0 Å². The van der Waals surface area contributed by atoms with E-state index in [9.17, 15) is 5.21 Å². The molecule has 0 aliphatic carbocycles. The van der Waals surface area contributed by atoms with E-state index in [0.717, 1.165) is 10.6 Å². The summed E-state index contributed by atoms with van der Waals surface area (Å²) in [5.74, 6) is 0. The van der Waals surface area contributed by atoms with Crippen molar-refractivity contribution in [3.63, 3.8) is 0 Å². The van der Waals surface area contributed by atoms with Crippen molar-refractivity contribution in [2.75, 3.05) is 6.26 Å². The molecule has 2 nitrogen and oxygen atoms in total. The van der Waals surface area contributed by atoms with Crippen molar-refractivity contribution in [2.45, 2.75) is 13.8 Å². The van der Waals surface area contributed by atoms with Gasteiger partial charge in [0.15, 0.2) is 0 Å². The summed E-state index contributed by atoms with van der Waals surface area (Å²) in [6.45, 7) is 4.16. The van der Waals surface area contributed by atoms with Crippen molar-refractivity contribution in [3.8, 4) is 0 Å². The van der Waals surface area contributed by atoms with Gasteiger partial charge in [-0.15, -0.1) is 0 Å². The summed E-state index contributed by atoms with van der Waals surface area (Å²) in [6.07, 6.45) is 5.73. The zero-order chi connectivity index (χ0) is 9.59. The lowest BCUT2D eigenvalue weighted by Gasteiger charge is -2.18. The Labute approximate surface area is 80.7 Å². The van der Waals surface area contributed by atoms with E-state index in [-0.39, 0.29) is 10.5 Å². The molecule has 2 heterocycles. The summed E-state index contributed by atoms with van der Waals surface area (Å²) in [6, 6.07) is 0. The summed E-state index contributed by atoms with van der Waals surface area (Å²) < 4.78 is 0. The fourth-order valence-corrected chi connectivity index (χ4v) is 2.95. The van der Waals surface area contributed by atoms with E-state index in [1.165, 1.54) is 16.0 Å². The van der Waals surface area contributed by atoms with Crippen LogP contribution in [-0.2, 0) is 0 Å². The van der Waals surface area contributed by atoms with E-state index in [1.54, 1.807) is 12.4 Å². The molecular formula is C10H13NOS. The molecule has 0 bridgehead atoms. The normalized spacial score (nSPS) is 26.8. The zero-order valence-electron chi connectivity index (χ0n) is 8.03. The molecule has 0 saturated heterocycles. The van der Waals surface area contributed by atoms with Crippen LogP contribution in [-0.4, -0.2) is 21.4 Å². The molecule has 0 radical (unpaired) electrons. The van der Waals surface area contributed by atoms with E-state index in [0.29, 0.717) is 0 Å². The predicted molar refractivity (Wildman–Crippen MR) is 57.7 cm³/mol. The quantitative estimate of drug-likeness (QED) is 0.600. The molecule has 0 saturated carbocycles. The van der Waals surface area contributed by atoms with Crippen molar-refractivity contribution in [2.24, 2.45) is 0 Å². The fraction of sp³-hybridized carbons (Fsp3) is 0.300. The van der Waals surface area contributed by atoms with Crippen molar-refractivity contribution in [1.29, 1.82) is 0 Å². The zero-order valence-corrected chi connectivity index (χ0v) is 8.85. The molecule has 0 aromatic rings. The monoisotopic (exact) mass is 195 g/mol. The molecule has 3 heteroatoms. The van der Waals surface area contributed by atoms with Gasteiger partial charge in [-0.2, -0.15) is 10.5 Å². The molecule has 13 heavy (non-hydrogen) atoms. The topological polar surface area (TPSA) is 23.5 Å². The highest BCUT2D eigenvalue weighted by Crippen LogP contribution is 2.37. The van der Waals surface area contributed by atoms with Gasteiger partial charge in [-0.25, -0.2) is 5.06 Å². The molecule has 0 aromatic heterocycles. The van der Waals surface area contributed by atoms with Crippen molar-refractivity contribution < 1.29 is 5.21 Å². The van der Waals surface area contributed by atoms with Gasteiger partial charge in [0, 0.05) is 18.0 Å². The van der Waals surface area contributed by atoms with Gasteiger partial charge in [0.25, 0.3) is 0 Å². The predicted octanol–water partition coefficient (Wildman–Crippen LogP) is 2.47. The molecule has 1 N–H and O–H groups in total. The Morgan fingerprint density at radius 1 is 1.23 bits per heavy atom. The summed E-state index contributed by atoms with van der Waals surface area (Å²) >= 11 is 0. The molecule has 2 aliphatic heterocycles. The van der Waals surface area contributed by atoms with E-state index < -0.39 is 0 Å². The Kier molecular flexibility index (Phi) is 1.93. The standard InChI is InChI=1S/C10H13NOS/c1-7-4-11(12)5-9-8(2)13(3)6-10(7)9/h4-6,12H,1-3H3. The van der Waals surface area contributed by atoms with Gasteiger partial charge in [-0.3, -0.25) is 5.21 Å². The van der Waals surface area contributed by atoms with Crippen molar-refractivity contribution >= 4 is 15.3 Å². The first-order valence-electron chi connectivity index (χ1n) is 4.18. The molecule has 1 atom stereocenters. The van der Waals surface area contributed by atoms with Crippen LogP contribution in [0, 0.1) is 0 Å². The van der Waals surface area contributed by atoms with Crippen LogP contribution in [0.25, 0.3) is 0 Å². The summed E-state index contributed by atoms with van der Waals surface area (Å²) in [7, 11) is 0.235. The summed E-state index contributed by atoms with van der Waals surface area (Å²) in [4.78, 5) is 1.36. The lowest BCUT2D eigenvalue weighted by molar-refractivity contribution is 0.00914. The Morgan fingerprint density at radius 3 is 2.62 bits per heavy atom. The molecule has 2 rings (SSSR count). The molecule has 0 amide bonds. The van der Waals surface area contributed by atoms with Crippen LogP contribution >= 0.6 is 10.5 Å². The highest BCUT2D eigenvalue weighted by atomic mass is 32.2. The molecule has 70 valence electrons. The largest absolute Gasteiger partial charge is 0.285 e. The Hall–Kier alpha value is -0.800. The van der Waals surface area contributed by atoms with E-state index in [2.05, 4.69) is 18.6 Å². The van der Waals surface area contributed by atoms with Gasteiger partial charge in [-0.05, 0) is 41.5 Å². The first-order valence-corrected chi connectivity index (χ1v) is 5.88. The maximum Gasteiger partial charge on any atom is 0.0411 e. The molecule has 2 aliphatic rings. The summed E-state index contributed by atoms with van der Waals surface area (Å²) in [5, 5.41) is 12.8. The van der Waals surface area contributed by atoms with Crippen LogP contribution in [0.1, 0.15) is 13.8 Å². The number of hydrogen-bond donors (Lipinski definition) is 1. The van der Waals surface area contributed by atoms with Crippen LogP contribution in [0.15, 0.2) is 34.5 Å². The van der Waals surface area contributed by atoms with Gasteiger partial charge in [-0.1, -0.05) is 0 Å². The SMILES string of the molecule is CC1=CN(O)C=C2C1=CS(C)=C2C. The van der Waals surface area contributed by atoms with Crippen LogP contribution < -0.4 is 0 Å². The van der Waals surface area contributed by atoms with Crippen LogP contribution in [0.5, 0.6) is 0 Å². The summed E-state index contributed by atoms with van der Waals surface area (Å²) in [5.41, 5.74) is 3.61. The second-order valence-electron chi connectivity index (χ2n) is 3.38. The number of fused-ring (bicyclic) bond motifs is 1. The molecule has 1 unspecified atom stereocenters. The smallest absolute Gasteiger partial charge is 0.0411 e. The Bertz CT molecular complexity index is 388. The maximum atomic E-state index is 9.37. The second kappa shape index (κ2) is 2.86. The van der Waals surface area contributed by atoms with Gasteiger partial charge in [0.2, 0.25) is 0 Å². The maximum absolute atomic E-state index is 9.37. The molecular weight excluding hydrogens is 182 g/mol. The number of nitrogens with zero attached hydrogens (tertiary/aromatic N) is 1. The van der Waals surface area contributed by atoms with Gasteiger partial charge in [0.05, 0.1) is 0 Å². The first kappa shape index (κ1) is 8.78. The third-order valence-corrected chi connectivity index (χ3v) is 4.23. The van der Waals surface area contributed by atoms with Crippen molar-refractivity contribution in [3.05, 3.63) is 34.5 Å². The number of hydrogen-bond acceptors (Lipinski definition) is 2. The van der Waals surface area contributed by atoms with Crippen molar-refractivity contribution in [1.82, 2.24) is 5.06 Å². The lowest BCUT2D eigenvalue weighted by atomic mass is 9.98. The average Bonchev–Trinajstić information content (AvgIpc) is 2.32. The minimum absolute atomic E-state index is 0.235. The number of hydroxylamine groups is 2. The van der Waals surface area contributed by atoms with Gasteiger partial charge in [0.1, 0.15) is 0 Å². The third-order valence-electron chi connectivity index (χ3n) is 2.46. The number of rotatable bonds is 0. The van der Waals surface area contributed by atoms with E-state index in [4.69, 9.17) is 0 Å². The van der Waals surface area contributed by atoms with E-state index >= 15 is 0 Å². The molecule has 0 fully saturated rings. The first-order chi connectivity index (χ1) is 6.09. The lowest BCUT2D eigenvalue weighted by Crippen LogP contribution is -2.13. The third kappa shape index (κ3) is 1.28. The van der Waals surface area contributed by atoms with Crippen LogP contribution in [0.2, 0.25) is 0 Å². The highest BCUT2D eigenvalue weighted by molar-refractivity contribution is 8.18. The second-order valence-corrected chi connectivity index (χ2v) is 5.34. The van der Waals surface area contributed by atoms with E-state index in [1.807, 2.05) is 6.92 Å². The average molecular weight is 195 g/mol. The highest BCUT2D eigenvalue weighted by Gasteiger charge is 2.21. The Morgan fingerprint density at radius 2 is 1.92 bits per heavy atom. The van der Waals surface area contributed by atoms with Crippen LogP contribution in [0.3, 0.4) is 0 Å².